The topological polar surface area (TPSA) is 47.0 Å². The van der Waals surface area contributed by atoms with Gasteiger partial charge < -0.3 is 10.1 Å². The Morgan fingerprint density at radius 3 is 2.89 bits per heavy atom. The smallest absolute Gasteiger partial charge is 0.225 e. The first-order valence-corrected chi connectivity index (χ1v) is 6.57. The lowest BCUT2D eigenvalue weighted by molar-refractivity contribution is 0.459. The second-order valence-corrected chi connectivity index (χ2v) is 4.59. The Balaban J connectivity index is 2.14. The predicted octanol–water partition coefficient (Wildman–Crippen LogP) is 4.05. The van der Waals surface area contributed by atoms with Gasteiger partial charge in [0.15, 0.2) is 0 Å². The van der Waals surface area contributed by atoms with Crippen molar-refractivity contribution in [2.45, 2.75) is 20.3 Å². The van der Waals surface area contributed by atoms with Gasteiger partial charge in [-0.25, -0.2) is 4.98 Å². The Bertz CT molecular complexity index is 560. The molecule has 0 amide bonds. The summed E-state index contributed by atoms with van der Waals surface area (Å²) in [4.78, 5) is 8.42. The van der Waals surface area contributed by atoms with Crippen molar-refractivity contribution < 1.29 is 4.74 Å². The van der Waals surface area contributed by atoms with Gasteiger partial charge in [0.1, 0.15) is 5.75 Å². The molecule has 0 unspecified atom stereocenters. The van der Waals surface area contributed by atoms with Crippen LogP contribution in [0.15, 0.2) is 30.5 Å². The van der Waals surface area contributed by atoms with Crippen molar-refractivity contribution in [2.24, 2.45) is 0 Å². The molecular weight excluding hydrogens is 262 g/mol. The molecule has 0 aliphatic rings. The lowest BCUT2D eigenvalue weighted by Gasteiger charge is -2.09. The van der Waals surface area contributed by atoms with E-state index in [1.54, 1.807) is 18.3 Å². The summed E-state index contributed by atoms with van der Waals surface area (Å²) in [5.41, 5.74) is 0.967. The molecule has 1 aromatic carbocycles. The number of benzene rings is 1. The first kappa shape index (κ1) is 13.6. The maximum atomic E-state index is 5.91. The van der Waals surface area contributed by atoms with Crippen LogP contribution in [0.1, 0.15) is 18.9 Å². The second kappa shape index (κ2) is 6.38. The van der Waals surface area contributed by atoms with Crippen LogP contribution in [0.5, 0.6) is 11.6 Å². The summed E-state index contributed by atoms with van der Waals surface area (Å²) >= 11 is 5.91. The predicted molar refractivity (Wildman–Crippen MR) is 77.1 cm³/mol. The first-order valence-electron chi connectivity index (χ1n) is 6.20. The molecule has 100 valence electrons. The highest BCUT2D eigenvalue weighted by molar-refractivity contribution is 6.30. The summed E-state index contributed by atoms with van der Waals surface area (Å²) in [6.07, 6.45) is 2.69. The van der Waals surface area contributed by atoms with Crippen molar-refractivity contribution in [2.75, 3.05) is 11.9 Å². The van der Waals surface area contributed by atoms with E-state index in [9.17, 15) is 0 Å². The summed E-state index contributed by atoms with van der Waals surface area (Å²) in [7, 11) is 0. The number of aryl methyl sites for hydroxylation is 1. The monoisotopic (exact) mass is 277 g/mol. The number of hydrogen-bond donors (Lipinski definition) is 1. The van der Waals surface area contributed by atoms with Gasteiger partial charge in [0.25, 0.3) is 0 Å². The number of anilines is 1. The lowest BCUT2D eigenvalue weighted by atomic mass is 10.2. The Hall–Kier alpha value is -1.81. The van der Waals surface area contributed by atoms with Crippen LogP contribution in [0.2, 0.25) is 5.02 Å². The molecule has 0 aliphatic carbocycles. The van der Waals surface area contributed by atoms with Crippen LogP contribution in [0.3, 0.4) is 0 Å². The van der Waals surface area contributed by atoms with E-state index in [-0.39, 0.29) is 0 Å². The fourth-order valence-electron chi connectivity index (χ4n) is 1.56. The molecule has 2 rings (SSSR count). The SMILES string of the molecule is CCCNc1nccc(Oc2ccc(Cl)cc2C)n1. The van der Waals surface area contributed by atoms with Crippen molar-refractivity contribution >= 4 is 17.5 Å². The lowest BCUT2D eigenvalue weighted by Crippen LogP contribution is -2.04. The normalized spacial score (nSPS) is 10.3. The minimum Gasteiger partial charge on any atom is -0.439 e. The largest absolute Gasteiger partial charge is 0.439 e. The average molecular weight is 278 g/mol. The minimum atomic E-state index is 0.513. The Kier molecular flexibility index (Phi) is 4.58. The number of nitrogens with one attached hydrogen (secondary N) is 1. The molecule has 1 N–H and O–H groups in total. The maximum absolute atomic E-state index is 5.91. The van der Waals surface area contributed by atoms with Crippen LogP contribution in [-0.4, -0.2) is 16.5 Å². The van der Waals surface area contributed by atoms with E-state index in [2.05, 4.69) is 22.2 Å². The molecule has 0 atom stereocenters. The highest BCUT2D eigenvalue weighted by atomic mass is 35.5. The van der Waals surface area contributed by atoms with Gasteiger partial charge in [0.05, 0.1) is 0 Å². The van der Waals surface area contributed by atoms with Crippen LogP contribution < -0.4 is 10.1 Å². The molecule has 0 saturated carbocycles. The number of hydrogen-bond acceptors (Lipinski definition) is 4. The highest BCUT2D eigenvalue weighted by Gasteiger charge is 2.04. The molecule has 19 heavy (non-hydrogen) atoms. The Morgan fingerprint density at radius 2 is 2.16 bits per heavy atom. The van der Waals surface area contributed by atoms with Crippen LogP contribution >= 0.6 is 11.6 Å². The summed E-state index contributed by atoms with van der Waals surface area (Å²) in [6.45, 7) is 4.87. The van der Waals surface area contributed by atoms with Crippen LogP contribution in [0, 0.1) is 6.92 Å². The number of halogens is 1. The zero-order chi connectivity index (χ0) is 13.7. The number of rotatable bonds is 5. The molecule has 0 radical (unpaired) electrons. The number of ether oxygens (including phenoxy) is 1. The number of nitrogens with zero attached hydrogens (tertiary/aromatic N) is 2. The van der Waals surface area contributed by atoms with E-state index in [4.69, 9.17) is 16.3 Å². The molecule has 4 nitrogen and oxygen atoms in total. The zero-order valence-electron chi connectivity index (χ0n) is 11.0. The molecule has 1 aromatic heterocycles. The average Bonchev–Trinajstić information content (AvgIpc) is 2.40. The fraction of sp³-hybridized carbons (Fsp3) is 0.286. The molecule has 0 saturated heterocycles. The standard InChI is InChI=1S/C14H16ClN3O/c1-3-7-16-14-17-8-6-13(18-14)19-12-5-4-11(15)9-10(12)2/h4-6,8-9H,3,7H2,1-2H3,(H,16,17,18). The van der Waals surface area contributed by atoms with Gasteiger partial charge in [-0.05, 0) is 37.1 Å². The van der Waals surface area contributed by atoms with Crippen molar-refractivity contribution in [3.63, 3.8) is 0 Å². The first-order chi connectivity index (χ1) is 9.19. The molecule has 5 heteroatoms. The quantitative estimate of drug-likeness (QED) is 0.895. The van der Waals surface area contributed by atoms with E-state index >= 15 is 0 Å². The van der Waals surface area contributed by atoms with E-state index in [0.717, 1.165) is 24.3 Å². The molecule has 2 aromatic rings. The number of aromatic nitrogens is 2. The summed E-state index contributed by atoms with van der Waals surface area (Å²) < 4.78 is 5.74. The maximum Gasteiger partial charge on any atom is 0.225 e. The van der Waals surface area contributed by atoms with Crippen LogP contribution in [-0.2, 0) is 0 Å². The van der Waals surface area contributed by atoms with Gasteiger partial charge in [0, 0.05) is 23.8 Å². The molecule has 0 spiro atoms. The molecule has 0 aliphatic heterocycles. The molecule has 0 fully saturated rings. The fourth-order valence-corrected chi connectivity index (χ4v) is 1.79. The highest BCUT2D eigenvalue weighted by Crippen LogP contribution is 2.26. The van der Waals surface area contributed by atoms with Crippen LogP contribution in [0.4, 0.5) is 5.95 Å². The third-order valence-corrected chi connectivity index (χ3v) is 2.75. The van der Waals surface area contributed by atoms with E-state index < -0.39 is 0 Å². The summed E-state index contributed by atoms with van der Waals surface area (Å²) in [5.74, 6) is 1.83. The van der Waals surface area contributed by atoms with E-state index in [1.165, 1.54) is 0 Å². The van der Waals surface area contributed by atoms with Crippen molar-refractivity contribution in [3.05, 3.63) is 41.0 Å². The van der Waals surface area contributed by atoms with Crippen molar-refractivity contribution in [1.29, 1.82) is 0 Å². The van der Waals surface area contributed by atoms with Gasteiger partial charge in [-0.15, -0.1) is 0 Å². The third-order valence-electron chi connectivity index (χ3n) is 2.51. The second-order valence-electron chi connectivity index (χ2n) is 4.16. The van der Waals surface area contributed by atoms with Gasteiger partial charge in [-0.1, -0.05) is 18.5 Å². The Morgan fingerprint density at radius 1 is 1.32 bits per heavy atom. The van der Waals surface area contributed by atoms with E-state index in [1.807, 2.05) is 19.1 Å². The van der Waals surface area contributed by atoms with Crippen molar-refractivity contribution in [3.8, 4) is 11.6 Å². The van der Waals surface area contributed by atoms with Crippen LogP contribution in [0.25, 0.3) is 0 Å². The molecular formula is C14H16ClN3O. The molecule has 0 bridgehead atoms. The zero-order valence-corrected chi connectivity index (χ0v) is 11.7. The van der Waals surface area contributed by atoms with Gasteiger partial charge in [0.2, 0.25) is 11.8 Å². The van der Waals surface area contributed by atoms with Gasteiger partial charge >= 0.3 is 0 Å². The Labute approximate surface area is 117 Å². The van der Waals surface area contributed by atoms with Gasteiger partial charge in [-0.3, -0.25) is 0 Å². The van der Waals surface area contributed by atoms with E-state index in [0.29, 0.717) is 16.9 Å². The van der Waals surface area contributed by atoms with Gasteiger partial charge in [-0.2, -0.15) is 4.98 Å². The van der Waals surface area contributed by atoms with Crippen molar-refractivity contribution in [1.82, 2.24) is 9.97 Å². The molecule has 1 heterocycles. The summed E-state index contributed by atoms with van der Waals surface area (Å²) in [6, 6.07) is 7.21. The minimum absolute atomic E-state index is 0.513. The third kappa shape index (κ3) is 3.83. The summed E-state index contributed by atoms with van der Waals surface area (Å²) in [5, 5.41) is 3.81.